The average Bonchev–Trinajstić information content (AvgIpc) is 3.01. The van der Waals surface area contributed by atoms with Gasteiger partial charge in [-0.25, -0.2) is 4.98 Å². The summed E-state index contributed by atoms with van der Waals surface area (Å²) < 4.78 is 7.32. The van der Waals surface area contributed by atoms with Gasteiger partial charge in [-0.15, -0.1) is 0 Å². The largest absolute Gasteiger partial charge is 0.396 e. The minimum atomic E-state index is -0.187. The van der Waals surface area contributed by atoms with Crippen molar-refractivity contribution in [2.75, 3.05) is 33.4 Å². The molecule has 1 aliphatic heterocycles. The molecule has 0 spiro atoms. The van der Waals surface area contributed by atoms with E-state index >= 15 is 0 Å². The number of carbonyl (C=O) groups excluding carboxylic acids is 1. The Kier molecular flexibility index (Phi) is 5.76. The Morgan fingerprint density at radius 3 is 2.86 bits per heavy atom. The van der Waals surface area contributed by atoms with E-state index in [-0.39, 0.29) is 17.9 Å². The van der Waals surface area contributed by atoms with Crippen LogP contribution in [0.1, 0.15) is 25.7 Å². The molecule has 118 valence electrons. The molecule has 0 aliphatic carbocycles. The highest BCUT2D eigenvalue weighted by Gasteiger charge is 2.34. The van der Waals surface area contributed by atoms with E-state index < -0.39 is 0 Å². The van der Waals surface area contributed by atoms with Gasteiger partial charge in [0.15, 0.2) is 0 Å². The van der Waals surface area contributed by atoms with E-state index in [9.17, 15) is 9.90 Å². The minimum Gasteiger partial charge on any atom is -0.396 e. The smallest absolute Gasteiger partial charge is 0.222 e. The van der Waals surface area contributed by atoms with Crippen LogP contribution in [-0.4, -0.2) is 58.9 Å². The van der Waals surface area contributed by atoms with Crippen LogP contribution in [-0.2, 0) is 16.1 Å². The fraction of sp³-hybridized carbons (Fsp3) is 0.733. The Hall–Kier alpha value is -1.40. The fourth-order valence-corrected chi connectivity index (χ4v) is 2.78. The predicted octanol–water partition coefficient (Wildman–Crippen LogP) is 0.911. The number of nitrogens with zero attached hydrogens (tertiary/aromatic N) is 3. The summed E-state index contributed by atoms with van der Waals surface area (Å²) in [6.07, 6.45) is 8.35. The van der Waals surface area contributed by atoms with Gasteiger partial charge >= 0.3 is 0 Å². The number of carbonyl (C=O) groups is 1. The van der Waals surface area contributed by atoms with Gasteiger partial charge in [-0.3, -0.25) is 4.79 Å². The van der Waals surface area contributed by atoms with Crippen LogP contribution in [0.3, 0.4) is 0 Å². The molecule has 1 fully saturated rings. The van der Waals surface area contributed by atoms with Gasteiger partial charge in [0.2, 0.25) is 5.91 Å². The molecule has 2 heterocycles. The summed E-state index contributed by atoms with van der Waals surface area (Å²) in [6, 6.07) is 0. The second-order valence-corrected chi connectivity index (χ2v) is 5.92. The number of hydrogen-bond acceptors (Lipinski definition) is 4. The van der Waals surface area contributed by atoms with E-state index in [1.807, 2.05) is 17.8 Å². The van der Waals surface area contributed by atoms with Crippen molar-refractivity contribution in [3.63, 3.8) is 0 Å². The highest BCUT2D eigenvalue weighted by molar-refractivity contribution is 5.75. The molecule has 21 heavy (non-hydrogen) atoms. The van der Waals surface area contributed by atoms with Crippen LogP contribution in [0.5, 0.6) is 0 Å². The number of hydrogen-bond donors (Lipinski definition) is 1. The van der Waals surface area contributed by atoms with Crippen molar-refractivity contribution >= 4 is 5.91 Å². The molecule has 0 atom stereocenters. The predicted molar refractivity (Wildman–Crippen MR) is 78.7 cm³/mol. The van der Waals surface area contributed by atoms with Crippen molar-refractivity contribution in [2.24, 2.45) is 5.41 Å². The van der Waals surface area contributed by atoms with Gasteiger partial charge in [-0.05, 0) is 19.3 Å². The summed E-state index contributed by atoms with van der Waals surface area (Å²) in [7, 11) is 1.83. The zero-order valence-corrected chi connectivity index (χ0v) is 12.7. The maximum atomic E-state index is 12.2. The van der Waals surface area contributed by atoms with Gasteiger partial charge in [0.05, 0.1) is 12.9 Å². The monoisotopic (exact) mass is 295 g/mol. The third kappa shape index (κ3) is 4.54. The summed E-state index contributed by atoms with van der Waals surface area (Å²) in [6.45, 7) is 2.87. The SMILES string of the molecule is CN(CC1(CO)CCOCC1)C(=O)CCCn1ccnc1. The number of aliphatic hydroxyl groups is 1. The first-order valence-electron chi connectivity index (χ1n) is 7.53. The molecule has 0 bridgehead atoms. The van der Waals surface area contributed by atoms with E-state index in [0.717, 1.165) is 25.8 Å². The number of amides is 1. The standard InChI is InChI=1S/C15H25N3O3/c1-17(11-15(12-19)4-9-21-10-5-15)14(20)3-2-7-18-8-6-16-13-18/h6,8,13,19H,2-5,7,9-12H2,1H3. The molecule has 1 saturated heterocycles. The normalized spacial score (nSPS) is 17.6. The van der Waals surface area contributed by atoms with Crippen molar-refractivity contribution in [3.05, 3.63) is 18.7 Å². The number of rotatable bonds is 7. The summed E-state index contributed by atoms with van der Waals surface area (Å²) in [5.41, 5.74) is -0.187. The topological polar surface area (TPSA) is 67.6 Å². The molecule has 6 heteroatoms. The van der Waals surface area contributed by atoms with Gasteiger partial charge in [-0.2, -0.15) is 0 Å². The van der Waals surface area contributed by atoms with Crippen molar-refractivity contribution in [3.8, 4) is 0 Å². The van der Waals surface area contributed by atoms with E-state index in [4.69, 9.17) is 4.74 Å². The maximum Gasteiger partial charge on any atom is 0.222 e. The quantitative estimate of drug-likeness (QED) is 0.812. The lowest BCUT2D eigenvalue weighted by Gasteiger charge is -2.38. The summed E-state index contributed by atoms with van der Waals surface area (Å²) >= 11 is 0. The van der Waals surface area contributed by atoms with Gasteiger partial charge in [0, 0.05) is 57.6 Å². The van der Waals surface area contributed by atoms with Gasteiger partial charge in [0.1, 0.15) is 0 Å². The number of aliphatic hydroxyl groups excluding tert-OH is 1. The molecule has 1 N–H and O–H groups in total. The Bertz CT molecular complexity index is 427. The molecular weight excluding hydrogens is 270 g/mol. The van der Waals surface area contributed by atoms with E-state index in [2.05, 4.69) is 4.98 Å². The highest BCUT2D eigenvalue weighted by atomic mass is 16.5. The lowest BCUT2D eigenvalue weighted by Crippen LogP contribution is -2.44. The number of aryl methyl sites for hydroxylation is 1. The first kappa shape index (κ1) is 16.0. The second-order valence-electron chi connectivity index (χ2n) is 5.92. The Labute approximate surface area is 125 Å². The molecule has 1 aromatic heterocycles. The summed E-state index contributed by atoms with van der Waals surface area (Å²) in [5.74, 6) is 0.134. The van der Waals surface area contributed by atoms with Gasteiger partial charge < -0.3 is 19.3 Å². The fourth-order valence-electron chi connectivity index (χ4n) is 2.78. The van der Waals surface area contributed by atoms with Crippen LogP contribution in [0.25, 0.3) is 0 Å². The summed E-state index contributed by atoms with van der Waals surface area (Å²) in [4.78, 5) is 17.9. The summed E-state index contributed by atoms with van der Waals surface area (Å²) in [5, 5.41) is 9.67. The van der Waals surface area contributed by atoms with Crippen LogP contribution in [0.4, 0.5) is 0 Å². The van der Waals surface area contributed by atoms with Gasteiger partial charge in [0.25, 0.3) is 0 Å². The third-order valence-corrected chi connectivity index (χ3v) is 4.25. The van der Waals surface area contributed by atoms with Crippen LogP contribution in [0.15, 0.2) is 18.7 Å². The van der Waals surface area contributed by atoms with Crippen LogP contribution >= 0.6 is 0 Å². The molecule has 1 amide bonds. The molecule has 0 unspecified atom stereocenters. The van der Waals surface area contributed by atoms with Crippen LogP contribution in [0.2, 0.25) is 0 Å². The molecule has 1 aromatic rings. The first-order valence-corrected chi connectivity index (χ1v) is 7.53. The Morgan fingerprint density at radius 2 is 2.24 bits per heavy atom. The number of imidazole rings is 1. The molecule has 2 rings (SSSR count). The molecule has 6 nitrogen and oxygen atoms in total. The lowest BCUT2D eigenvalue weighted by atomic mass is 9.80. The number of ether oxygens (including phenoxy) is 1. The molecule has 0 aromatic carbocycles. The molecule has 0 radical (unpaired) electrons. The third-order valence-electron chi connectivity index (χ3n) is 4.25. The van der Waals surface area contributed by atoms with Crippen LogP contribution in [0, 0.1) is 5.41 Å². The van der Waals surface area contributed by atoms with E-state index in [1.54, 1.807) is 17.4 Å². The first-order chi connectivity index (χ1) is 10.2. The maximum absolute atomic E-state index is 12.2. The van der Waals surface area contributed by atoms with Crippen LogP contribution < -0.4 is 0 Å². The Morgan fingerprint density at radius 1 is 1.48 bits per heavy atom. The van der Waals surface area contributed by atoms with Crippen molar-refractivity contribution < 1.29 is 14.6 Å². The number of aromatic nitrogens is 2. The van der Waals surface area contributed by atoms with Crippen molar-refractivity contribution in [1.82, 2.24) is 14.5 Å². The van der Waals surface area contributed by atoms with Gasteiger partial charge in [-0.1, -0.05) is 0 Å². The zero-order chi connectivity index (χ0) is 15.1. The molecular formula is C15H25N3O3. The van der Waals surface area contributed by atoms with Crippen molar-refractivity contribution in [1.29, 1.82) is 0 Å². The minimum absolute atomic E-state index is 0.114. The molecule has 1 aliphatic rings. The lowest BCUT2D eigenvalue weighted by molar-refractivity contribution is -0.133. The van der Waals surface area contributed by atoms with E-state index in [1.165, 1.54) is 0 Å². The Balaban J connectivity index is 1.75. The second kappa shape index (κ2) is 7.56. The van der Waals surface area contributed by atoms with Crippen molar-refractivity contribution in [2.45, 2.75) is 32.2 Å². The molecule has 0 saturated carbocycles. The average molecular weight is 295 g/mol. The zero-order valence-electron chi connectivity index (χ0n) is 12.7. The van der Waals surface area contributed by atoms with E-state index in [0.29, 0.717) is 26.2 Å². The highest BCUT2D eigenvalue weighted by Crippen LogP contribution is 2.30.